The summed E-state index contributed by atoms with van der Waals surface area (Å²) in [7, 11) is 3.03. The molecule has 0 fully saturated rings. The van der Waals surface area contributed by atoms with Gasteiger partial charge in [-0.3, -0.25) is 14.6 Å². The van der Waals surface area contributed by atoms with E-state index in [4.69, 9.17) is 9.47 Å². The monoisotopic (exact) mass is 446 g/mol. The van der Waals surface area contributed by atoms with Crippen LogP contribution in [0.25, 0.3) is 0 Å². The third-order valence-electron chi connectivity index (χ3n) is 5.67. The van der Waals surface area contributed by atoms with Crippen LogP contribution in [0.5, 0.6) is 11.5 Å². The lowest BCUT2D eigenvalue weighted by Crippen LogP contribution is -2.41. The highest BCUT2D eigenvalue weighted by molar-refractivity contribution is 6.39. The zero-order valence-corrected chi connectivity index (χ0v) is 18.6. The minimum atomic E-state index is -0.756. The van der Waals surface area contributed by atoms with E-state index in [2.05, 4.69) is 32.7 Å². The van der Waals surface area contributed by atoms with E-state index in [9.17, 15) is 9.59 Å². The predicted octanol–water partition coefficient (Wildman–Crippen LogP) is 2.96. The average molecular weight is 447 g/mol. The number of nitrogens with zero attached hydrogens (tertiary/aromatic N) is 2. The zero-order valence-electron chi connectivity index (χ0n) is 18.6. The molecule has 1 unspecified atom stereocenters. The van der Waals surface area contributed by atoms with Crippen molar-refractivity contribution in [3.8, 4) is 11.5 Å². The van der Waals surface area contributed by atoms with E-state index in [1.807, 2.05) is 24.3 Å². The number of benzene rings is 2. The molecule has 0 saturated carbocycles. The van der Waals surface area contributed by atoms with Crippen LogP contribution >= 0.6 is 0 Å². The largest absolute Gasteiger partial charge is 0.493 e. The Kier molecular flexibility index (Phi) is 6.73. The Morgan fingerprint density at radius 3 is 2.61 bits per heavy atom. The number of para-hydroxylation sites is 1. The Balaban J connectivity index is 1.46. The number of carbonyl (C=O) groups excluding carboxylic acids is 2. The SMILES string of the molecule is COc1ccc(NC(=O)C(=O)NCC(c2cccnc2)N2CCc3ccccc32)cc1OC. The molecular weight excluding hydrogens is 420 g/mol. The Hall–Kier alpha value is -4.07. The lowest BCUT2D eigenvalue weighted by Gasteiger charge is -2.30. The molecular formula is C25H26N4O4. The van der Waals surface area contributed by atoms with Crippen molar-refractivity contribution in [2.24, 2.45) is 0 Å². The number of rotatable bonds is 7. The number of ether oxygens (including phenoxy) is 2. The number of anilines is 2. The van der Waals surface area contributed by atoms with Gasteiger partial charge in [-0.15, -0.1) is 0 Å². The lowest BCUT2D eigenvalue weighted by molar-refractivity contribution is -0.136. The summed E-state index contributed by atoms with van der Waals surface area (Å²) in [6.07, 6.45) is 4.44. The van der Waals surface area contributed by atoms with Gasteiger partial charge in [0.25, 0.3) is 0 Å². The Morgan fingerprint density at radius 2 is 1.85 bits per heavy atom. The first-order valence-corrected chi connectivity index (χ1v) is 10.7. The zero-order chi connectivity index (χ0) is 23.2. The van der Waals surface area contributed by atoms with E-state index < -0.39 is 11.8 Å². The summed E-state index contributed by atoms with van der Waals surface area (Å²) in [6, 6.07) is 16.8. The van der Waals surface area contributed by atoms with Gasteiger partial charge in [0.15, 0.2) is 11.5 Å². The molecule has 3 aromatic rings. The maximum atomic E-state index is 12.6. The number of methoxy groups -OCH3 is 2. The van der Waals surface area contributed by atoms with Crippen LogP contribution in [-0.2, 0) is 16.0 Å². The van der Waals surface area contributed by atoms with Crippen LogP contribution in [0.3, 0.4) is 0 Å². The van der Waals surface area contributed by atoms with Gasteiger partial charge < -0.3 is 25.0 Å². The number of hydrogen-bond acceptors (Lipinski definition) is 6. The van der Waals surface area contributed by atoms with Gasteiger partial charge in [-0.25, -0.2) is 0 Å². The van der Waals surface area contributed by atoms with Crippen molar-refractivity contribution in [1.29, 1.82) is 0 Å². The number of nitrogens with one attached hydrogen (secondary N) is 2. The smallest absolute Gasteiger partial charge is 0.313 e. The van der Waals surface area contributed by atoms with Crippen molar-refractivity contribution in [2.75, 3.05) is 37.5 Å². The highest BCUT2D eigenvalue weighted by Gasteiger charge is 2.28. The summed E-state index contributed by atoms with van der Waals surface area (Å²) in [5.74, 6) is -0.481. The second-order valence-corrected chi connectivity index (χ2v) is 7.61. The molecule has 1 aromatic heterocycles. The van der Waals surface area contributed by atoms with Crippen molar-refractivity contribution >= 4 is 23.2 Å². The molecule has 0 radical (unpaired) electrons. The van der Waals surface area contributed by atoms with E-state index in [0.717, 1.165) is 24.2 Å². The van der Waals surface area contributed by atoms with Crippen LogP contribution in [0.2, 0.25) is 0 Å². The van der Waals surface area contributed by atoms with Gasteiger partial charge >= 0.3 is 11.8 Å². The van der Waals surface area contributed by atoms with Crippen molar-refractivity contribution in [1.82, 2.24) is 10.3 Å². The molecule has 8 heteroatoms. The molecule has 2 amide bonds. The van der Waals surface area contributed by atoms with Gasteiger partial charge in [0.05, 0.1) is 20.3 Å². The number of fused-ring (bicyclic) bond motifs is 1. The number of carbonyl (C=O) groups is 2. The molecule has 4 rings (SSSR count). The predicted molar refractivity (Wildman–Crippen MR) is 126 cm³/mol. The molecule has 1 atom stereocenters. The Morgan fingerprint density at radius 1 is 1.03 bits per heavy atom. The van der Waals surface area contributed by atoms with Crippen LogP contribution < -0.4 is 25.0 Å². The molecule has 1 aliphatic rings. The Bertz CT molecular complexity index is 1140. The molecule has 170 valence electrons. The fourth-order valence-corrected chi connectivity index (χ4v) is 4.04. The molecule has 0 saturated heterocycles. The van der Waals surface area contributed by atoms with Gasteiger partial charge in [-0.05, 0) is 41.8 Å². The standard InChI is InChI=1S/C25H26N4O4/c1-32-22-10-9-19(14-23(22)33-2)28-25(31)24(30)27-16-21(18-7-5-12-26-15-18)29-13-11-17-6-3-4-8-20(17)29/h3-10,12,14-15,21H,11,13,16H2,1-2H3,(H,27,30)(H,28,31). The number of amides is 2. The van der Waals surface area contributed by atoms with Gasteiger partial charge in [0, 0.05) is 42.9 Å². The van der Waals surface area contributed by atoms with Crippen molar-refractivity contribution < 1.29 is 19.1 Å². The van der Waals surface area contributed by atoms with Gasteiger partial charge in [-0.2, -0.15) is 0 Å². The maximum absolute atomic E-state index is 12.6. The molecule has 0 bridgehead atoms. The third-order valence-corrected chi connectivity index (χ3v) is 5.67. The lowest BCUT2D eigenvalue weighted by atomic mass is 10.1. The molecule has 33 heavy (non-hydrogen) atoms. The second kappa shape index (κ2) is 10.0. The number of hydrogen-bond donors (Lipinski definition) is 2. The third kappa shape index (κ3) is 4.90. The molecule has 2 aromatic carbocycles. The van der Waals surface area contributed by atoms with Gasteiger partial charge in [0.2, 0.25) is 0 Å². The first-order valence-electron chi connectivity index (χ1n) is 10.7. The van der Waals surface area contributed by atoms with E-state index >= 15 is 0 Å². The first kappa shape index (κ1) is 22.1. The van der Waals surface area contributed by atoms with Crippen LogP contribution in [-0.4, -0.2) is 44.1 Å². The molecule has 8 nitrogen and oxygen atoms in total. The summed E-state index contributed by atoms with van der Waals surface area (Å²) in [4.78, 5) is 31.6. The van der Waals surface area contributed by atoms with Gasteiger partial charge in [0.1, 0.15) is 0 Å². The molecule has 1 aliphatic heterocycles. The van der Waals surface area contributed by atoms with Crippen molar-refractivity contribution in [3.05, 3.63) is 78.1 Å². The summed E-state index contributed by atoms with van der Waals surface area (Å²) >= 11 is 0. The van der Waals surface area contributed by atoms with E-state index in [0.29, 0.717) is 17.2 Å². The van der Waals surface area contributed by atoms with E-state index in [-0.39, 0.29) is 12.6 Å². The fourth-order valence-electron chi connectivity index (χ4n) is 4.04. The van der Waals surface area contributed by atoms with Gasteiger partial charge in [-0.1, -0.05) is 24.3 Å². The summed E-state index contributed by atoms with van der Waals surface area (Å²) < 4.78 is 10.4. The molecule has 2 heterocycles. The minimum absolute atomic E-state index is 0.153. The van der Waals surface area contributed by atoms with Crippen molar-refractivity contribution in [2.45, 2.75) is 12.5 Å². The minimum Gasteiger partial charge on any atom is -0.493 e. The van der Waals surface area contributed by atoms with Crippen LogP contribution in [0.1, 0.15) is 17.2 Å². The topological polar surface area (TPSA) is 92.8 Å². The second-order valence-electron chi connectivity index (χ2n) is 7.61. The number of aromatic nitrogens is 1. The van der Waals surface area contributed by atoms with E-state index in [1.165, 1.54) is 19.8 Å². The van der Waals surface area contributed by atoms with Crippen LogP contribution in [0, 0.1) is 0 Å². The summed E-state index contributed by atoms with van der Waals surface area (Å²) in [5.41, 5.74) is 3.80. The highest BCUT2D eigenvalue weighted by atomic mass is 16.5. The summed E-state index contributed by atoms with van der Waals surface area (Å²) in [6.45, 7) is 1.09. The quantitative estimate of drug-likeness (QED) is 0.542. The molecule has 0 aliphatic carbocycles. The highest BCUT2D eigenvalue weighted by Crippen LogP contribution is 2.34. The maximum Gasteiger partial charge on any atom is 0.313 e. The van der Waals surface area contributed by atoms with E-state index in [1.54, 1.807) is 30.6 Å². The summed E-state index contributed by atoms with van der Waals surface area (Å²) in [5, 5.41) is 5.39. The molecule has 0 spiro atoms. The first-order chi connectivity index (χ1) is 16.1. The normalized spacial score (nSPS) is 13.1. The fraction of sp³-hybridized carbons (Fsp3) is 0.240. The average Bonchev–Trinajstić information content (AvgIpc) is 3.28. The van der Waals surface area contributed by atoms with Crippen LogP contribution in [0.15, 0.2) is 67.0 Å². The number of pyridine rings is 1. The van der Waals surface area contributed by atoms with Crippen LogP contribution in [0.4, 0.5) is 11.4 Å². The molecule has 2 N–H and O–H groups in total. The Labute approximate surface area is 192 Å². The van der Waals surface area contributed by atoms with Crippen molar-refractivity contribution in [3.63, 3.8) is 0 Å².